The van der Waals surface area contributed by atoms with Gasteiger partial charge in [0.2, 0.25) is 5.91 Å². The molecule has 1 aromatic carbocycles. The number of likely N-dealkylation sites (N-methyl/N-ethyl adjacent to an activating group) is 1. The van der Waals surface area contributed by atoms with E-state index in [9.17, 15) is 9.59 Å². The van der Waals surface area contributed by atoms with E-state index in [1.807, 2.05) is 49.9 Å². The van der Waals surface area contributed by atoms with Gasteiger partial charge in [0.05, 0.1) is 23.3 Å². The van der Waals surface area contributed by atoms with Crippen molar-refractivity contribution in [1.82, 2.24) is 20.1 Å². The summed E-state index contributed by atoms with van der Waals surface area (Å²) in [6, 6.07) is 8.03. The summed E-state index contributed by atoms with van der Waals surface area (Å²) in [7, 11) is 0. The molecule has 2 heterocycles. The van der Waals surface area contributed by atoms with Gasteiger partial charge < -0.3 is 10.2 Å². The van der Waals surface area contributed by atoms with Crippen LogP contribution in [0.4, 0.5) is 0 Å². The highest BCUT2D eigenvalue weighted by molar-refractivity contribution is 5.98. The molecular weight excluding hydrogens is 328 g/mol. The van der Waals surface area contributed by atoms with Crippen molar-refractivity contribution in [2.45, 2.75) is 20.8 Å². The first kappa shape index (κ1) is 18.3. The average molecular weight is 354 g/mol. The summed E-state index contributed by atoms with van der Waals surface area (Å²) in [5, 5.41) is 3.80. The average Bonchev–Trinajstić information content (AvgIpc) is 2.61. The number of aromatic nitrogens is 1. The Hall–Kier alpha value is -2.47. The van der Waals surface area contributed by atoms with Gasteiger partial charge in [0.1, 0.15) is 0 Å². The van der Waals surface area contributed by atoms with Gasteiger partial charge in [-0.2, -0.15) is 0 Å². The van der Waals surface area contributed by atoms with Crippen molar-refractivity contribution in [3.05, 3.63) is 41.1 Å². The van der Waals surface area contributed by atoms with Gasteiger partial charge in [0.25, 0.3) is 5.91 Å². The van der Waals surface area contributed by atoms with Gasteiger partial charge in [0, 0.05) is 38.1 Å². The molecular formula is C20H26N4O2. The molecule has 0 bridgehead atoms. The summed E-state index contributed by atoms with van der Waals surface area (Å²) in [5.74, 6) is 0.0623. The van der Waals surface area contributed by atoms with Gasteiger partial charge in [-0.1, -0.05) is 12.1 Å². The molecule has 1 aliphatic rings. The second kappa shape index (κ2) is 7.83. The van der Waals surface area contributed by atoms with Crippen molar-refractivity contribution < 1.29 is 9.59 Å². The number of piperazine rings is 1. The number of nitrogens with one attached hydrogen (secondary N) is 1. The minimum absolute atomic E-state index is 0.0233. The molecule has 1 N–H and O–H groups in total. The van der Waals surface area contributed by atoms with Crippen LogP contribution in [-0.2, 0) is 4.79 Å². The molecule has 0 spiro atoms. The first-order valence-corrected chi connectivity index (χ1v) is 9.14. The van der Waals surface area contributed by atoms with Crippen LogP contribution in [0.15, 0.2) is 24.3 Å². The number of amides is 2. The second-order valence-electron chi connectivity index (χ2n) is 6.84. The van der Waals surface area contributed by atoms with Crippen LogP contribution in [0.25, 0.3) is 10.9 Å². The first-order valence-electron chi connectivity index (χ1n) is 9.14. The molecule has 3 rings (SSSR count). The van der Waals surface area contributed by atoms with Crippen molar-refractivity contribution in [2.75, 3.05) is 39.3 Å². The van der Waals surface area contributed by atoms with Crippen molar-refractivity contribution in [3.8, 4) is 0 Å². The highest BCUT2D eigenvalue weighted by atomic mass is 16.2. The van der Waals surface area contributed by atoms with E-state index >= 15 is 0 Å². The van der Waals surface area contributed by atoms with E-state index in [1.165, 1.54) is 0 Å². The van der Waals surface area contributed by atoms with Crippen molar-refractivity contribution in [1.29, 1.82) is 0 Å². The number of fused-ring (bicyclic) bond motifs is 1. The Kier molecular flexibility index (Phi) is 5.52. The molecule has 2 amide bonds. The Balaban J connectivity index is 1.69. The third-order valence-corrected chi connectivity index (χ3v) is 4.79. The maximum absolute atomic E-state index is 13.0. The van der Waals surface area contributed by atoms with E-state index in [2.05, 4.69) is 15.2 Å². The largest absolute Gasteiger partial charge is 0.355 e. The van der Waals surface area contributed by atoms with Crippen molar-refractivity contribution >= 4 is 22.7 Å². The normalized spacial score (nSPS) is 15.3. The summed E-state index contributed by atoms with van der Waals surface area (Å²) >= 11 is 0. The van der Waals surface area contributed by atoms with Gasteiger partial charge >= 0.3 is 0 Å². The highest BCUT2D eigenvalue weighted by Gasteiger charge is 2.24. The zero-order valence-corrected chi connectivity index (χ0v) is 15.7. The molecule has 1 saturated heterocycles. The van der Waals surface area contributed by atoms with Crippen LogP contribution >= 0.6 is 0 Å². The maximum atomic E-state index is 13.0. The summed E-state index contributed by atoms with van der Waals surface area (Å²) in [6.07, 6.45) is 0. The topological polar surface area (TPSA) is 65.5 Å². The number of nitrogens with zero attached hydrogens (tertiary/aromatic N) is 3. The quantitative estimate of drug-likeness (QED) is 0.908. The number of aryl methyl sites for hydroxylation is 2. The molecule has 0 saturated carbocycles. The number of hydrogen-bond donors (Lipinski definition) is 1. The first-order chi connectivity index (χ1) is 12.5. The van der Waals surface area contributed by atoms with Gasteiger partial charge in [-0.15, -0.1) is 0 Å². The molecule has 1 aliphatic heterocycles. The summed E-state index contributed by atoms with van der Waals surface area (Å²) in [4.78, 5) is 33.2. The standard InChI is InChI=1S/C20H26N4O2/c1-4-21-19(25)13-23-7-9-24(10-8-23)20(26)17-12-16-6-5-14(2)11-18(16)22-15(17)3/h5-6,11-12H,4,7-10,13H2,1-3H3,(H,21,25). The number of benzene rings is 1. The van der Waals surface area contributed by atoms with E-state index in [1.54, 1.807) is 0 Å². The Morgan fingerprint density at radius 3 is 2.54 bits per heavy atom. The van der Waals surface area contributed by atoms with Crippen LogP contribution in [-0.4, -0.2) is 65.9 Å². The van der Waals surface area contributed by atoms with Crippen LogP contribution in [0.3, 0.4) is 0 Å². The van der Waals surface area contributed by atoms with Crippen LogP contribution in [0, 0.1) is 13.8 Å². The Morgan fingerprint density at radius 1 is 1.12 bits per heavy atom. The number of pyridine rings is 1. The van der Waals surface area contributed by atoms with E-state index in [0.717, 1.165) is 22.2 Å². The Labute approximate surface area is 154 Å². The lowest BCUT2D eigenvalue weighted by Crippen LogP contribution is -2.51. The predicted octanol–water partition coefficient (Wildman–Crippen LogP) is 1.75. The maximum Gasteiger partial charge on any atom is 0.255 e. The molecule has 6 heteroatoms. The molecule has 1 aromatic heterocycles. The number of carbonyl (C=O) groups excluding carboxylic acids is 2. The van der Waals surface area contributed by atoms with Gasteiger partial charge in [-0.3, -0.25) is 19.5 Å². The fraction of sp³-hybridized carbons (Fsp3) is 0.450. The monoisotopic (exact) mass is 354 g/mol. The van der Waals surface area contributed by atoms with Gasteiger partial charge in [0.15, 0.2) is 0 Å². The summed E-state index contributed by atoms with van der Waals surface area (Å²) in [5.41, 5.74) is 3.51. The molecule has 0 unspecified atom stereocenters. The third kappa shape index (κ3) is 4.02. The zero-order valence-electron chi connectivity index (χ0n) is 15.7. The number of rotatable bonds is 4. The van der Waals surface area contributed by atoms with E-state index in [-0.39, 0.29) is 11.8 Å². The highest BCUT2D eigenvalue weighted by Crippen LogP contribution is 2.20. The summed E-state index contributed by atoms with van der Waals surface area (Å²) < 4.78 is 0. The third-order valence-electron chi connectivity index (χ3n) is 4.79. The molecule has 6 nitrogen and oxygen atoms in total. The molecule has 0 aliphatic carbocycles. The zero-order chi connectivity index (χ0) is 18.7. The van der Waals surface area contributed by atoms with Crippen molar-refractivity contribution in [2.24, 2.45) is 0 Å². The molecule has 138 valence electrons. The minimum atomic E-state index is 0.0233. The van der Waals surface area contributed by atoms with E-state index in [0.29, 0.717) is 44.8 Å². The van der Waals surface area contributed by atoms with E-state index < -0.39 is 0 Å². The van der Waals surface area contributed by atoms with Crippen LogP contribution in [0.2, 0.25) is 0 Å². The van der Waals surface area contributed by atoms with Crippen molar-refractivity contribution in [3.63, 3.8) is 0 Å². The van der Waals surface area contributed by atoms with Crippen LogP contribution in [0.5, 0.6) is 0 Å². The SMILES string of the molecule is CCNC(=O)CN1CCN(C(=O)c2cc3ccc(C)cc3nc2C)CC1. The lowest BCUT2D eigenvalue weighted by atomic mass is 10.1. The molecule has 1 fully saturated rings. The second-order valence-corrected chi connectivity index (χ2v) is 6.84. The fourth-order valence-corrected chi connectivity index (χ4v) is 3.33. The van der Waals surface area contributed by atoms with Crippen LogP contribution < -0.4 is 5.32 Å². The Bertz CT molecular complexity index is 826. The molecule has 2 aromatic rings. The smallest absolute Gasteiger partial charge is 0.255 e. The lowest BCUT2D eigenvalue weighted by molar-refractivity contribution is -0.122. The molecule has 0 radical (unpaired) electrons. The Morgan fingerprint density at radius 2 is 1.85 bits per heavy atom. The van der Waals surface area contributed by atoms with Gasteiger partial charge in [-0.25, -0.2) is 0 Å². The molecule has 0 atom stereocenters. The fourth-order valence-electron chi connectivity index (χ4n) is 3.33. The minimum Gasteiger partial charge on any atom is -0.355 e. The van der Waals surface area contributed by atoms with Crippen LogP contribution in [0.1, 0.15) is 28.5 Å². The summed E-state index contributed by atoms with van der Waals surface area (Å²) in [6.45, 7) is 9.56. The predicted molar refractivity (Wildman–Crippen MR) is 102 cm³/mol. The number of carbonyl (C=O) groups is 2. The molecule has 26 heavy (non-hydrogen) atoms. The number of hydrogen-bond acceptors (Lipinski definition) is 4. The lowest BCUT2D eigenvalue weighted by Gasteiger charge is -2.34. The van der Waals surface area contributed by atoms with E-state index in [4.69, 9.17) is 0 Å². The van der Waals surface area contributed by atoms with Gasteiger partial charge in [-0.05, 0) is 38.5 Å².